The molecule has 1 saturated carbocycles. The van der Waals surface area contributed by atoms with E-state index in [4.69, 9.17) is 11.6 Å². The molecule has 0 saturated heterocycles. The Kier molecular flexibility index (Phi) is 4.77. The van der Waals surface area contributed by atoms with Crippen LogP contribution in [0.3, 0.4) is 0 Å². The summed E-state index contributed by atoms with van der Waals surface area (Å²) in [5.41, 5.74) is -0.477. The summed E-state index contributed by atoms with van der Waals surface area (Å²) in [5, 5.41) is 4.61. The molecule has 3 aromatic rings. The minimum absolute atomic E-state index is 0.0731. The van der Waals surface area contributed by atoms with Crippen LogP contribution in [-0.4, -0.2) is 14.5 Å². The van der Waals surface area contributed by atoms with E-state index in [1.165, 1.54) is 6.92 Å². The van der Waals surface area contributed by atoms with Crippen molar-refractivity contribution in [2.24, 2.45) is 0 Å². The molecule has 2 heterocycles. The van der Waals surface area contributed by atoms with Crippen molar-refractivity contribution in [2.45, 2.75) is 44.9 Å². The summed E-state index contributed by atoms with van der Waals surface area (Å²) in [6.45, 7) is 3.11. The predicted octanol–water partition coefficient (Wildman–Crippen LogP) is 5.28. The number of hydrogen-bond acceptors (Lipinski definition) is 4. The van der Waals surface area contributed by atoms with Crippen LogP contribution in [0.1, 0.15) is 48.8 Å². The largest absolute Gasteiger partial charge is 0.419 e. The quantitative estimate of drug-likeness (QED) is 0.621. The topological polar surface area (TPSA) is 59.8 Å². The zero-order chi connectivity index (χ0) is 20.9. The summed E-state index contributed by atoms with van der Waals surface area (Å²) in [5.74, 6) is 0.0731. The fraction of sp³-hybridized carbons (Fsp3) is 0.350. The number of benzene rings is 1. The van der Waals surface area contributed by atoms with Crippen LogP contribution < -0.4 is 10.9 Å². The summed E-state index contributed by atoms with van der Waals surface area (Å²) >= 11 is 6.25. The second-order valence-corrected chi connectivity index (χ2v) is 7.64. The van der Waals surface area contributed by atoms with E-state index in [2.05, 4.69) is 15.3 Å². The van der Waals surface area contributed by atoms with Crippen LogP contribution in [-0.2, 0) is 6.18 Å². The standard InChI is InChI=1S/C20H18ClF3N4O/c1-10-14(20(22,23)24)9-25-19(26-10)27-11(2)16-8-12-4-3-5-15(21)17(12)18(29)28(16)13-6-7-13/h3-5,8-9,11,13H,6-7H2,1-2H3,(H,25,26,27)/t11-/m0/s1. The highest BCUT2D eigenvalue weighted by atomic mass is 35.5. The molecule has 1 aliphatic rings. The van der Waals surface area contributed by atoms with Gasteiger partial charge in [0.15, 0.2) is 0 Å². The van der Waals surface area contributed by atoms with E-state index in [1.807, 2.05) is 19.1 Å². The lowest BCUT2D eigenvalue weighted by atomic mass is 10.1. The van der Waals surface area contributed by atoms with Gasteiger partial charge in [0.25, 0.3) is 5.56 Å². The zero-order valence-electron chi connectivity index (χ0n) is 15.7. The Morgan fingerprint density at radius 2 is 2.03 bits per heavy atom. The van der Waals surface area contributed by atoms with Gasteiger partial charge in [0.1, 0.15) is 0 Å². The Balaban J connectivity index is 1.74. The van der Waals surface area contributed by atoms with E-state index in [0.29, 0.717) is 21.5 Å². The van der Waals surface area contributed by atoms with Gasteiger partial charge in [-0.25, -0.2) is 9.97 Å². The van der Waals surface area contributed by atoms with Gasteiger partial charge in [-0.05, 0) is 44.2 Å². The van der Waals surface area contributed by atoms with Gasteiger partial charge >= 0.3 is 6.18 Å². The number of pyridine rings is 1. The number of fused-ring (bicyclic) bond motifs is 1. The molecule has 1 N–H and O–H groups in total. The van der Waals surface area contributed by atoms with Crippen molar-refractivity contribution >= 4 is 28.3 Å². The highest BCUT2D eigenvalue weighted by Gasteiger charge is 2.34. The molecule has 1 fully saturated rings. The first kappa shape index (κ1) is 19.7. The fourth-order valence-electron chi connectivity index (χ4n) is 3.48. The lowest BCUT2D eigenvalue weighted by molar-refractivity contribution is -0.138. The summed E-state index contributed by atoms with van der Waals surface area (Å²) in [6, 6.07) is 6.85. The Morgan fingerprint density at radius 3 is 2.66 bits per heavy atom. The Hall–Kier alpha value is -2.61. The van der Waals surface area contributed by atoms with Crippen molar-refractivity contribution in [1.29, 1.82) is 0 Å². The summed E-state index contributed by atoms with van der Waals surface area (Å²) in [4.78, 5) is 20.9. The number of hydrogen-bond donors (Lipinski definition) is 1. The summed E-state index contributed by atoms with van der Waals surface area (Å²) in [7, 11) is 0. The number of rotatable bonds is 4. The van der Waals surface area contributed by atoms with Gasteiger partial charge in [-0.15, -0.1) is 0 Å². The number of aromatic nitrogens is 3. The second-order valence-electron chi connectivity index (χ2n) is 7.24. The molecule has 5 nitrogen and oxygen atoms in total. The van der Waals surface area contributed by atoms with Crippen LogP contribution in [0.2, 0.25) is 5.02 Å². The smallest absolute Gasteiger partial charge is 0.346 e. The van der Waals surface area contributed by atoms with Crippen molar-refractivity contribution < 1.29 is 13.2 Å². The third kappa shape index (κ3) is 3.69. The maximum atomic E-state index is 13.1. The fourth-order valence-corrected chi connectivity index (χ4v) is 3.74. The summed E-state index contributed by atoms with van der Waals surface area (Å²) < 4.78 is 40.5. The maximum Gasteiger partial charge on any atom is 0.419 e. The third-order valence-electron chi connectivity index (χ3n) is 5.05. The molecule has 0 amide bonds. The molecular weight excluding hydrogens is 405 g/mol. The van der Waals surface area contributed by atoms with E-state index < -0.39 is 17.8 Å². The van der Waals surface area contributed by atoms with Crippen LogP contribution >= 0.6 is 11.6 Å². The van der Waals surface area contributed by atoms with Gasteiger partial charge in [-0.3, -0.25) is 4.79 Å². The van der Waals surface area contributed by atoms with Crippen molar-refractivity contribution in [3.05, 3.63) is 62.8 Å². The van der Waals surface area contributed by atoms with E-state index in [1.54, 1.807) is 16.7 Å². The Morgan fingerprint density at radius 1 is 1.31 bits per heavy atom. The molecule has 1 atom stereocenters. The molecule has 0 aliphatic heterocycles. The molecule has 2 aromatic heterocycles. The maximum absolute atomic E-state index is 13.1. The Bertz CT molecular complexity index is 1150. The number of alkyl halides is 3. The van der Waals surface area contributed by atoms with Gasteiger partial charge in [0.05, 0.1) is 27.7 Å². The molecule has 152 valence electrons. The van der Waals surface area contributed by atoms with E-state index in [-0.39, 0.29) is 23.2 Å². The van der Waals surface area contributed by atoms with E-state index >= 15 is 0 Å². The third-order valence-corrected chi connectivity index (χ3v) is 5.36. The summed E-state index contributed by atoms with van der Waals surface area (Å²) in [6.07, 6.45) is -1.94. The van der Waals surface area contributed by atoms with Crippen molar-refractivity contribution in [1.82, 2.24) is 14.5 Å². The molecule has 0 unspecified atom stereocenters. The molecule has 29 heavy (non-hydrogen) atoms. The molecule has 0 spiro atoms. The molecular formula is C20H18ClF3N4O. The number of nitrogens with one attached hydrogen (secondary N) is 1. The minimum atomic E-state index is -4.50. The first-order valence-electron chi connectivity index (χ1n) is 9.18. The number of anilines is 1. The van der Waals surface area contributed by atoms with Gasteiger partial charge in [-0.1, -0.05) is 23.7 Å². The second kappa shape index (κ2) is 7.02. The van der Waals surface area contributed by atoms with Crippen LogP contribution in [0.4, 0.5) is 19.1 Å². The van der Waals surface area contributed by atoms with Crippen LogP contribution in [0, 0.1) is 6.92 Å². The Labute approximate surface area is 169 Å². The number of halogens is 4. The first-order valence-corrected chi connectivity index (χ1v) is 9.55. The minimum Gasteiger partial charge on any atom is -0.346 e. The number of nitrogens with zero attached hydrogens (tertiary/aromatic N) is 3. The molecule has 0 bridgehead atoms. The average molecular weight is 423 g/mol. The van der Waals surface area contributed by atoms with Crippen molar-refractivity contribution in [3.63, 3.8) is 0 Å². The van der Waals surface area contributed by atoms with Gasteiger partial charge in [0, 0.05) is 17.9 Å². The normalized spacial score (nSPS) is 15.5. The zero-order valence-corrected chi connectivity index (χ0v) is 16.5. The van der Waals surface area contributed by atoms with Crippen LogP contribution in [0.15, 0.2) is 35.3 Å². The van der Waals surface area contributed by atoms with Gasteiger partial charge < -0.3 is 9.88 Å². The highest BCUT2D eigenvalue weighted by Crippen LogP contribution is 2.38. The van der Waals surface area contributed by atoms with Crippen LogP contribution in [0.25, 0.3) is 10.8 Å². The molecule has 0 radical (unpaired) electrons. The lowest BCUT2D eigenvalue weighted by Crippen LogP contribution is -2.26. The predicted molar refractivity (Wildman–Crippen MR) is 105 cm³/mol. The van der Waals surface area contributed by atoms with Gasteiger partial charge in [0.2, 0.25) is 5.95 Å². The molecule has 1 aliphatic carbocycles. The van der Waals surface area contributed by atoms with E-state index in [9.17, 15) is 18.0 Å². The molecule has 9 heteroatoms. The van der Waals surface area contributed by atoms with Crippen molar-refractivity contribution in [3.8, 4) is 0 Å². The monoisotopic (exact) mass is 422 g/mol. The highest BCUT2D eigenvalue weighted by molar-refractivity contribution is 6.35. The average Bonchev–Trinajstić information content (AvgIpc) is 3.45. The van der Waals surface area contributed by atoms with Crippen LogP contribution in [0.5, 0.6) is 0 Å². The SMILES string of the molecule is Cc1nc(N[C@@H](C)c2cc3cccc(Cl)c3c(=O)n2C2CC2)ncc1C(F)(F)F. The molecule has 4 rings (SSSR count). The van der Waals surface area contributed by atoms with E-state index in [0.717, 1.165) is 19.0 Å². The molecule has 1 aromatic carbocycles. The lowest BCUT2D eigenvalue weighted by Gasteiger charge is -2.21. The first-order chi connectivity index (χ1) is 13.7. The number of aryl methyl sites for hydroxylation is 1. The van der Waals surface area contributed by atoms with Gasteiger partial charge in [-0.2, -0.15) is 13.2 Å². The van der Waals surface area contributed by atoms with Crippen molar-refractivity contribution in [2.75, 3.05) is 5.32 Å².